The number of benzene rings is 1. The molecule has 2 N–H and O–H groups in total. The third-order valence-corrected chi connectivity index (χ3v) is 4.55. The van der Waals surface area contributed by atoms with E-state index in [1.165, 1.54) is 0 Å². The summed E-state index contributed by atoms with van der Waals surface area (Å²) >= 11 is 6.05. The van der Waals surface area contributed by atoms with Crippen molar-refractivity contribution in [2.24, 2.45) is 5.73 Å². The Morgan fingerprint density at radius 2 is 2.23 bits per heavy atom. The van der Waals surface area contributed by atoms with E-state index >= 15 is 0 Å². The Balaban J connectivity index is 2.05. The number of fused-ring (bicyclic) bond motifs is 5. The first-order chi connectivity index (χ1) is 10.6. The van der Waals surface area contributed by atoms with Gasteiger partial charge in [0.15, 0.2) is 5.69 Å². The minimum absolute atomic E-state index is 0.0703. The fourth-order valence-electron chi connectivity index (χ4n) is 3.40. The van der Waals surface area contributed by atoms with Gasteiger partial charge in [-0.1, -0.05) is 11.6 Å². The highest BCUT2D eigenvalue weighted by atomic mass is 35.5. The predicted octanol–water partition coefficient (Wildman–Crippen LogP) is 1.92. The lowest BCUT2D eigenvalue weighted by atomic mass is 10.1. The van der Waals surface area contributed by atoms with Crippen molar-refractivity contribution in [3.63, 3.8) is 0 Å². The molecule has 1 atom stereocenters. The van der Waals surface area contributed by atoms with Gasteiger partial charge >= 0.3 is 0 Å². The maximum Gasteiger partial charge on any atom is 0.269 e. The van der Waals surface area contributed by atoms with Crippen LogP contribution in [0.15, 0.2) is 24.5 Å². The number of rotatable bonds is 1. The lowest BCUT2D eigenvalue weighted by molar-refractivity contribution is 0.0736. The summed E-state index contributed by atoms with van der Waals surface area (Å²) in [5, 5.41) is 0.501. The summed E-state index contributed by atoms with van der Waals surface area (Å²) in [5.41, 5.74) is 7.58. The first kappa shape index (κ1) is 13.3. The SMILES string of the molecule is NC(=O)c1ncn2c1C1CCCN1C(=O)c1cc(Cl)ccc1-2. The first-order valence-corrected chi connectivity index (χ1v) is 7.43. The van der Waals surface area contributed by atoms with E-state index in [0.29, 0.717) is 28.5 Å². The molecule has 2 aromatic rings. The van der Waals surface area contributed by atoms with Gasteiger partial charge in [-0.25, -0.2) is 4.98 Å². The quantitative estimate of drug-likeness (QED) is 0.872. The zero-order valence-electron chi connectivity index (χ0n) is 11.6. The van der Waals surface area contributed by atoms with Crippen LogP contribution in [0.25, 0.3) is 5.69 Å². The Hall–Kier alpha value is -2.34. The van der Waals surface area contributed by atoms with E-state index in [1.54, 1.807) is 34.0 Å². The van der Waals surface area contributed by atoms with Crippen molar-refractivity contribution in [1.82, 2.24) is 14.5 Å². The molecule has 1 unspecified atom stereocenters. The van der Waals surface area contributed by atoms with E-state index in [-0.39, 0.29) is 17.6 Å². The molecule has 2 aliphatic rings. The Bertz CT molecular complexity index is 814. The second-order valence-corrected chi connectivity index (χ2v) is 5.97. The second-order valence-electron chi connectivity index (χ2n) is 5.53. The molecule has 4 rings (SSSR count). The zero-order chi connectivity index (χ0) is 15.4. The molecule has 2 amide bonds. The highest BCUT2D eigenvalue weighted by Gasteiger charge is 2.39. The molecule has 7 heteroatoms. The van der Waals surface area contributed by atoms with Crippen LogP contribution in [0, 0.1) is 0 Å². The smallest absolute Gasteiger partial charge is 0.269 e. The van der Waals surface area contributed by atoms with Crippen molar-refractivity contribution < 1.29 is 9.59 Å². The summed E-state index contributed by atoms with van der Waals surface area (Å²) in [6, 6.07) is 4.97. The summed E-state index contributed by atoms with van der Waals surface area (Å²) in [6.45, 7) is 0.652. The van der Waals surface area contributed by atoms with E-state index in [4.69, 9.17) is 17.3 Å². The molecule has 1 saturated heterocycles. The van der Waals surface area contributed by atoms with Gasteiger partial charge in [0.25, 0.3) is 11.8 Å². The number of halogens is 1. The molecule has 1 aromatic carbocycles. The van der Waals surface area contributed by atoms with Gasteiger partial charge < -0.3 is 10.6 Å². The van der Waals surface area contributed by atoms with Crippen LogP contribution in [0.1, 0.15) is 45.4 Å². The monoisotopic (exact) mass is 316 g/mol. The van der Waals surface area contributed by atoms with Crippen LogP contribution in [-0.2, 0) is 0 Å². The van der Waals surface area contributed by atoms with E-state index in [2.05, 4.69) is 4.98 Å². The van der Waals surface area contributed by atoms with E-state index in [9.17, 15) is 9.59 Å². The topological polar surface area (TPSA) is 81.2 Å². The van der Waals surface area contributed by atoms with Gasteiger partial charge in [-0.2, -0.15) is 0 Å². The number of aromatic nitrogens is 2. The molecule has 3 heterocycles. The van der Waals surface area contributed by atoms with Crippen LogP contribution in [0.5, 0.6) is 0 Å². The third kappa shape index (κ3) is 1.70. The van der Waals surface area contributed by atoms with Crippen LogP contribution >= 0.6 is 11.6 Å². The number of amides is 2. The summed E-state index contributed by atoms with van der Waals surface area (Å²) in [6.07, 6.45) is 3.23. The maximum absolute atomic E-state index is 12.8. The summed E-state index contributed by atoms with van der Waals surface area (Å²) in [4.78, 5) is 30.5. The van der Waals surface area contributed by atoms with E-state index in [1.807, 2.05) is 0 Å². The van der Waals surface area contributed by atoms with Crippen LogP contribution < -0.4 is 5.73 Å². The molecule has 0 aliphatic carbocycles. The van der Waals surface area contributed by atoms with Crippen molar-refractivity contribution in [3.8, 4) is 5.69 Å². The molecule has 1 aromatic heterocycles. The summed E-state index contributed by atoms with van der Waals surface area (Å²) < 4.78 is 1.79. The normalized spacial score (nSPS) is 19.4. The van der Waals surface area contributed by atoms with E-state index in [0.717, 1.165) is 12.8 Å². The zero-order valence-corrected chi connectivity index (χ0v) is 12.4. The minimum Gasteiger partial charge on any atom is -0.364 e. The molecule has 0 spiro atoms. The van der Waals surface area contributed by atoms with Crippen molar-refractivity contribution in [3.05, 3.63) is 46.5 Å². The van der Waals surface area contributed by atoms with Crippen LogP contribution in [-0.4, -0.2) is 32.8 Å². The molecule has 1 fully saturated rings. The Labute approximate surface area is 131 Å². The molecule has 0 bridgehead atoms. The highest BCUT2D eigenvalue weighted by Crippen LogP contribution is 2.40. The number of carbonyl (C=O) groups excluding carboxylic acids is 2. The van der Waals surface area contributed by atoms with Crippen molar-refractivity contribution in [2.45, 2.75) is 18.9 Å². The lowest BCUT2D eigenvalue weighted by Gasteiger charge is -2.22. The van der Waals surface area contributed by atoms with Crippen LogP contribution in [0.4, 0.5) is 0 Å². The average molecular weight is 317 g/mol. The van der Waals surface area contributed by atoms with Crippen molar-refractivity contribution in [2.75, 3.05) is 6.54 Å². The maximum atomic E-state index is 12.8. The van der Waals surface area contributed by atoms with Crippen LogP contribution in [0.3, 0.4) is 0 Å². The van der Waals surface area contributed by atoms with Gasteiger partial charge in [-0.15, -0.1) is 0 Å². The largest absolute Gasteiger partial charge is 0.364 e. The fraction of sp³-hybridized carbons (Fsp3) is 0.267. The van der Waals surface area contributed by atoms with E-state index < -0.39 is 5.91 Å². The fourth-order valence-corrected chi connectivity index (χ4v) is 3.57. The second kappa shape index (κ2) is 4.58. The van der Waals surface area contributed by atoms with Crippen molar-refractivity contribution >= 4 is 23.4 Å². The summed E-state index contributed by atoms with van der Waals surface area (Å²) in [5.74, 6) is -0.649. The summed E-state index contributed by atoms with van der Waals surface area (Å²) in [7, 11) is 0. The number of hydrogen-bond donors (Lipinski definition) is 1. The minimum atomic E-state index is -0.578. The Morgan fingerprint density at radius 3 is 3.00 bits per heavy atom. The predicted molar refractivity (Wildman–Crippen MR) is 80.1 cm³/mol. The van der Waals surface area contributed by atoms with Gasteiger partial charge in [0.05, 0.1) is 23.0 Å². The van der Waals surface area contributed by atoms with Gasteiger partial charge in [0, 0.05) is 11.6 Å². The number of hydrogen-bond acceptors (Lipinski definition) is 3. The molecule has 22 heavy (non-hydrogen) atoms. The Kier molecular flexibility index (Phi) is 2.77. The van der Waals surface area contributed by atoms with Gasteiger partial charge in [-0.05, 0) is 31.0 Å². The third-order valence-electron chi connectivity index (χ3n) is 4.32. The van der Waals surface area contributed by atoms with Gasteiger partial charge in [0.2, 0.25) is 0 Å². The standard InChI is InChI=1S/C15H13ClN4O2/c16-8-3-4-10-9(6-8)15(22)19-5-1-2-11(19)13-12(14(17)21)18-7-20(10)13/h3-4,6-7,11H,1-2,5H2,(H2,17,21). The molecule has 0 saturated carbocycles. The van der Waals surface area contributed by atoms with Gasteiger partial charge in [-0.3, -0.25) is 14.2 Å². The molecule has 0 radical (unpaired) electrons. The number of carbonyl (C=O) groups is 2. The molecule has 6 nitrogen and oxygen atoms in total. The molecular weight excluding hydrogens is 304 g/mol. The molecular formula is C15H13ClN4O2. The average Bonchev–Trinajstić information content (AvgIpc) is 3.10. The van der Waals surface area contributed by atoms with Crippen molar-refractivity contribution in [1.29, 1.82) is 0 Å². The number of nitrogens with zero attached hydrogens (tertiary/aromatic N) is 3. The lowest BCUT2D eigenvalue weighted by Crippen LogP contribution is -2.30. The molecule has 112 valence electrons. The number of primary amides is 1. The first-order valence-electron chi connectivity index (χ1n) is 7.06. The van der Waals surface area contributed by atoms with Gasteiger partial charge in [0.1, 0.15) is 6.33 Å². The molecule has 2 aliphatic heterocycles. The number of imidazole rings is 1. The number of nitrogens with two attached hydrogens (primary N) is 1. The van der Waals surface area contributed by atoms with Crippen LogP contribution in [0.2, 0.25) is 5.02 Å². The Morgan fingerprint density at radius 1 is 1.41 bits per heavy atom. The highest BCUT2D eigenvalue weighted by molar-refractivity contribution is 6.31.